The molecule has 0 aliphatic rings. The first-order valence-electron chi connectivity index (χ1n) is 5.37. The minimum Gasteiger partial charge on any atom is -0.383 e. The summed E-state index contributed by atoms with van der Waals surface area (Å²) >= 11 is 1.47. The quantitative estimate of drug-likeness (QED) is 0.734. The fourth-order valence-electron chi connectivity index (χ4n) is 1.58. The number of nitrogen functional groups attached to an aromatic ring is 1. The van der Waals surface area contributed by atoms with Crippen molar-refractivity contribution in [2.45, 2.75) is 20.0 Å². The van der Waals surface area contributed by atoms with Crippen LogP contribution in [0.4, 0.5) is 11.5 Å². The zero-order valence-electron chi connectivity index (χ0n) is 9.77. The van der Waals surface area contributed by atoms with Gasteiger partial charge in [-0.3, -0.25) is 14.3 Å². The lowest BCUT2D eigenvalue weighted by molar-refractivity contribution is 0.706. The lowest BCUT2D eigenvalue weighted by Crippen LogP contribution is -2.33. The molecule has 0 radical (unpaired) electrons. The summed E-state index contributed by atoms with van der Waals surface area (Å²) in [5.41, 5.74) is 7.50. The first-order valence-corrected chi connectivity index (χ1v) is 6.31. The standard InChI is InChI=1S/C10H13N5O2S/c1-2-15-8(11)7(9(16)14-10(15)17)12-3-6-4-18-5-13-6/h4-5,12H,2-3,11H2,1H3,(H,14,16,17). The van der Waals surface area contributed by atoms with E-state index in [9.17, 15) is 9.59 Å². The molecule has 2 rings (SSSR count). The maximum atomic E-state index is 11.7. The Bertz CT molecular complexity index is 643. The number of nitrogens with zero attached hydrogens (tertiary/aromatic N) is 2. The Hall–Kier alpha value is -2.09. The molecule has 2 aromatic rings. The third-order valence-electron chi connectivity index (χ3n) is 2.49. The van der Waals surface area contributed by atoms with Crippen molar-refractivity contribution in [1.29, 1.82) is 0 Å². The molecular weight excluding hydrogens is 254 g/mol. The molecule has 0 bridgehead atoms. The Kier molecular flexibility index (Phi) is 3.47. The van der Waals surface area contributed by atoms with Gasteiger partial charge >= 0.3 is 5.69 Å². The van der Waals surface area contributed by atoms with Crippen molar-refractivity contribution in [3.63, 3.8) is 0 Å². The molecule has 0 amide bonds. The predicted molar refractivity (Wildman–Crippen MR) is 70.8 cm³/mol. The highest BCUT2D eigenvalue weighted by molar-refractivity contribution is 7.07. The molecule has 7 nitrogen and oxygen atoms in total. The summed E-state index contributed by atoms with van der Waals surface area (Å²) in [5, 5.41) is 4.77. The summed E-state index contributed by atoms with van der Waals surface area (Å²) < 4.78 is 1.30. The molecule has 0 fully saturated rings. The van der Waals surface area contributed by atoms with Gasteiger partial charge in [-0.25, -0.2) is 9.78 Å². The number of anilines is 2. The van der Waals surface area contributed by atoms with Gasteiger partial charge in [-0.15, -0.1) is 11.3 Å². The van der Waals surface area contributed by atoms with Crippen molar-refractivity contribution in [2.75, 3.05) is 11.1 Å². The number of aromatic nitrogens is 3. The monoisotopic (exact) mass is 267 g/mol. The van der Waals surface area contributed by atoms with Gasteiger partial charge in [-0.2, -0.15) is 0 Å². The summed E-state index contributed by atoms with van der Waals surface area (Å²) in [5.74, 6) is 0.140. The average Bonchev–Trinajstić information content (AvgIpc) is 2.81. The van der Waals surface area contributed by atoms with Crippen LogP contribution in [0.2, 0.25) is 0 Å². The van der Waals surface area contributed by atoms with Crippen LogP contribution in [-0.2, 0) is 13.1 Å². The van der Waals surface area contributed by atoms with Gasteiger partial charge in [0.25, 0.3) is 5.56 Å². The van der Waals surface area contributed by atoms with Crippen LogP contribution in [0.15, 0.2) is 20.5 Å². The van der Waals surface area contributed by atoms with E-state index in [1.807, 2.05) is 5.38 Å². The lowest BCUT2D eigenvalue weighted by Gasteiger charge is -2.11. The third kappa shape index (κ3) is 2.28. The van der Waals surface area contributed by atoms with Gasteiger partial charge in [-0.05, 0) is 6.92 Å². The predicted octanol–water partition coefficient (Wildman–Crippen LogP) is 0.207. The first kappa shape index (κ1) is 12.4. The Morgan fingerprint density at radius 2 is 2.33 bits per heavy atom. The number of thiazole rings is 1. The van der Waals surface area contributed by atoms with Crippen LogP contribution in [0, 0.1) is 0 Å². The summed E-state index contributed by atoms with van der Waals surface area (Å²) in [6.07, 6.45) is 0. The second kappa shape index (κ2) is 5.05. The number of hydrogen-bond acceptors (Lipinski definition) is 6. The number of hydrogen-bond donors (Lipinski definition) is 3. The molecular formula is C10H13N5O2S. The Morgan fingerprint density at radius 3 is 2.94 bits per heavy atom. The van der Waals surface area contributed by atoms with Gasteiger partial charge in [0.1, 0.15) is 11.5 Å². The normalized spacial score (nSPS) is 10.5. The minimum atomic E-state index is -0.516. The van der Waals surface area contributed by atoms with Crippen LogP contribution >= 0.6 is 11.3 Å². The third-order valence-corrected chi connectivity index (χ3v) is 3.12. The molecule has 18 heavy (non-hydrogen) atoms. The van der Waals surface area contributed by atoms with Crippen molar-refractivity contribution in [2.24, 2.45) is 0 Å². The topological polar surface area (TPSA) is 106 Å². The zero-order valence-corrected chi connectivity index (χ0v) is 10.6. The molecule has 8 heteroatoms. The Morgan fingerprint density at radius 1 is 1.56 bits per heavy atom. The van der Waals surface area contributed by atoms with E-state index in [0.717, 1.165) is 5.69 Å². The molecule has 0 saturated carbocycles. The zero-order chi connectivity index (χ0) is 13.1. The van der Waals surface area contributed by atoms with Crippen LogP contribution in [-0.4, -0.2) is 14.5 Å². The second-order valence-electron chi connectivity index (χ2n) is 3.60. The van der Waals surface area contributed by atoms with Crippen molar-refractivity contribution in [3.05, 3.63) is 37.4 Å². The molecule has 0 spiro atoms. The fraction of sp³-hybridized carbons (Fsp3) is 0.300. The van der Waals surface area contributed by atoms with E-state index in [2.05, 4.69) is 15.3 Å². The number of rotatable bonds is 4. The van der Waals surface area contributed by atoms with E-state index in [0.29, 0.717) is 13.1 Å². The van der Waals surface area contributed by atoms with Crippen molar-refractivity contribution >= 4 is 22.8 Å². The van der Waals surface area contributed by atoms with Crippen molar-refractivity contribution in [1.82, 2.24) is 14.5 Å². The van der Waals surface area contributed by atoms with Crippen LogP contribution in [0.3, 0.4) is 0 Å². The van der Waals surface area contributed by atoms with E-state index >= 15 is 0 Å². The van der Waals surface area contributed by atoms with E-state index in [4.69, 9.17) is 5.73 Å². The maximum Gasteiger partial charge on any atom is 0.330 e. The molecule has 0 aliphatic heterocycles. The van der Waals surface area contributed by atoms with Gasteiger partial charge in [0.05, 0.1) is 17.7 Å². The number of nitrogens with two attached hydrogens (primary N) is 1. The van der Waals surface area contributed by atoms with E-state index in [1.165, 1.54) is 15.9 Å². The van der Waals surface area contributed by atoms with Gasteiger partial charge in [0, 0.05) is 11.9 Å². The number of nitrogens with one attached hydrogen (secondary N) is 2. The minimum absolute atomic E-state index is 0.140. The lowest BCUT2D eigenvalue weighted by atomic mass is 10.4. The molecule has 2 heterocycles. The van der Waals surface area contributed by atoms with Crippen LogP contribution in [0.25, 0.3) is 0 Å². The Balaban J connectivity index is 2.33. The second-order valence-corrected chi connectivity index (χ2v) is 4.32. The molecule has 96 valence electrons. The number of H-pyrrole nitrogens is 1. The molecule has 0 aliphatic carbocycles. The Labute approximate surface area is 106 Å². The van der Waals surface area contributed by atoms with Crippen LogP contribution in [0.5, 0.6) is 0 Å². The maximum absolute atomic E-state index is 11.7. The molecule has 4 N–H and O–H groups in total. The fourth-order valence-corrected chi connectivity index (χ4v) is 2.13. The van der Waals surface area contributed by atoms with Gasteiger partial charge < -0.3 is 11.1 Å². The van der Waals surface area contributed by atoms with Crippen LogP contribution < -0.4 is 22.3 Å². The van der Waals surface area contributed by atoms with Gasteiger partial charge in [-0.1, -0.05) is 0 Å². The largest absolute Gasteiger partial charge is 0.383 e. The van der Waals surface area contributed by atoms with E-state index < -0.39 is 11.2 Å². The molecule has 0 unspecified atom stereocenters. The van der Waals surface area contributed by atoms with E-state index in [-0.39, 0.29) is 11.5 Å². The summed E-state index contributed by atoms with van der Waals surface area (Å²) in [4.78, 5) is 29.4. The smallest absolute Gasteiger partial charge is 0.330 e. The first-order chi connectivity index (χ1) is 8.63. The molecule has 2 aromatic heterocycles. The van der Waals surface area contributed by atoms with Crippen molar-refractivity contribution < 1.29 is 0 Å². The summed E-state index contributed by atoms with van der Waals surface area (Å²) in [6, 6.07) is 0. The van der Waals surface area contributed by atoms with Crippen molar-refractivity contribution in [3.8, 4) is 0 Å². The summed E-state index contributed by atoms with van der Waals surface area (Å²) in [7, 11) is 0. The highest BCUT2D eigenvalue weighted by Crippen LogP contribution is 2.11. The SMILES string of the molecule is CCn1c(N)c(NCc2cscn2)c(=O)[nH]c1=O. The highest BCUT2D eigenvalue weighted by atomic mass is 32.1. The molecule has 0 saturated heterocycles. The van der Waals surface area contributed by atoms with E-state index in [1.54, 1.807) is 12.4 Å². The molecule has 0 atom stereocenters. The average molecular weight is 267 g/mol. The molecule has 0 aromatic carbocycles. The van der Waals surface area contributed by atoms with Gasteiger partial charge in [0.15, 0.2) is 0 Å². The summed E-state index contributed by atoms with van der Waals surface area (Å²) in [6.45, 7) is 2.56. The van der Waals surface area contributed by atoms with Crippen LogP contribution in [0.1, 0.15) is 12.6 Å². The highest BCUT2D eigenvalue weighted by Gasteiger charge is 2.10. The number of aromatic amines is 1. The van der Waals surface area contributed by atoms with Gasteiger partial charge in [0.2, 0.25) is 0 Å².